The van der Waals surface area contributed by atoms with Crippen LogP contribution in [0.4, 0.5) is 0 Å². The van der Waals surface area contributed by atoms with Crippen LogP contribution in [0.3, 0.4) is 0 Å². The van der Waals surface area contributed by atoms with Gasteiger partial charge >= 0.3 is 5.97 Å². The molecule has 0 spiro atoms. The maximum Gasteiger partial charge on any atom is 0.306 e. The molecule has 0 radical (unpaired) electrons. The number of benzene rings is 1. The number of carboxylic acids is 1. The number of carboxylic acid groups (broad SMARTS) is 1. The van der Waals surface area contributed by atoms with E-state index in [4.69, 9.17) is 5.11 Å². The third kappa shape index (κ3) is 4.57. The van der Waals surface area contributed by atoms with E-state index in [-0.39, 0.29) is 23.8 Å². The van der Waals surface area contributed by atoms with Gasteiger partial charge in [0.15, 0.2) is 0 Å². The maximum atomic E-state index is 12.4. The molecule has 0 heterocycles. The van der Waals surface area contributed by atoms with Crippen LogP contribution in [0, 0.1) is 11.8 Å². The Bertz CT molecular complexity index is 546. The fourth-order valence-electron chi connectivity index (χ4n) is 3.03. The summed E-state index contributed by atoms with van der Waals surface area (Å²) < 4.78 is 1.01. The molecule has 1 unspecified atom stereocenters. The summed E-state index contributed by atoms with van der Waals surface area (Å²) in [7, 11) is 0. The van der Waals surface area contributed by atoms with Gasteiger partial charge in [-0.25, -0.2) is 0 Å². The number of nitrogens with one attached hydrogen (secondary N) is 1. The Morgan fingerprint density at radius 1 is 1.41 bits per heavy atom. The zero-order valence-corrected chi connectivity index (χ0v) is 14.3. The highest BCUT2D eigenvalue weighted by molar-refractivity contribution is 9.10. The van der Waals surface area contributed by atoms with E-state index in [0.717, 1.165) is 22.9 Å². The summed E-state index contributed by atoms with van der Waals surface area (Å²) >= 11 is 3.45. The van der Waals surface area contributed by atoms with Crippen LogP contribution in [0.1, 0.15) is 38.2 Å². The van der Waals surface area contributed by atoms with Gasteiger partial charge in [-0.2, -0.15) is 0 Å². The van der Waals surface area contributed by atoms with Gasteiger partial charge in [0.2, 0.25) is 5.91 Å². The number of aliphatic carboxylic acids is 1. The quantitative estimate of drug-likeness (QED) is 0.809. The first-order chi connectivity index (χ1) is 10.5. The van der Waals surface area contributed by atoms with Gasteiger partial charge in [-0.15, -0.1) is 0 Å². The van der Waals surface area contributed by atoms with Crippen LogP contribution in [0.15, 0.2) is 28.7 Å². The molecular formula is C17H22BrNO3. The Kier molecular flexibility index (Phi) is 6.00. The highest BCUT2D eigenvalue weighted by Crippen LogP contribution is 2.26. The predicted octanol–water partition coefficient (Wildman–Crippen LogP) is 3.39. The second-order valence-corrected chi connectivity index (χ2v) is 6.91. The van der Waals surface area contributed by atoms with Crippen LogP contribution in [0.5, 0.6) is 0 Å². The van der Waals surface area contributed by atoms with Gasteiger partial charge in [-0.05, 0) is 49.8 Å². The van der Waals surface area contributed by atoms with E-state index in [2.05, 4.69) is 21.2 Å². The largest absolute Gasteiger partial charge is 0.481 e. The molecule has 1 fully saturated rings. The maximum absolute atomic E-state index is 12.4. The molecule has 0 aliphatic heterocycles. The van der Waals surface area contributed by atoms with Crippen molar-refractivity contribution in [3.05, 3.63) is 34.3 Å². The Balaban J connectivity index is 1.91. The normalized spacial score (nSPS) is 22.3. The van der Waals surface area contributed by atoms with Gasteiger partial charge in [-0.3, -0.25) is 9.59 Å². The molecule has 1 aromatic rings. The highest BCUT2D eigenvalue weighted by Gasteiger charge is 2.31. The molecule has 1 amide bonds. The SMILES string of the molecule is CCC(Cc1cccc(Br)c1)C(=O)N[C@H]1CC[C@@H](C(=O)O)C1. The second-order valence-electron chi connectivity index (χ2n) is 5.99. The zero-order chi connectivity index (χ0) is 16.1. The molecule has 1 saturated carbocycles. The molecule has 2 rings (SSSR count). The average molecular weight is 368 g/mol. The minimum Gasteiger partial charge on any atom is -0.481 e. The summed E-state index contributed by atoms with van der Waals surface area (Å²) in [4.78, 5) is 23.4. The van der Waals surface area contributed by atoms with Gasteiger partial charge in [0, 0.05) is 16.4 Å². The van der Waals surface area contributed by atoms with E-state index < -0.39 is 5.97 Å². The number of halogens is 1. The van der Waals surface area contributed by atoms with E-state index in [1.807, 2.05) is 31.2 Å². The van der Waals surface area contributed by atoms with Crippen molar-refractivity contribution in [1.82, 2.24) is 5.32 Å². The lowest BCUT2D eigenvalue weighted by molar-refractivity contribution is -0.141. The monoisotopic (exact) mass is 367 g/mol. The van der Waals surface area contributed by atoms with Crippen molar-refractivity contribution < 1.29 is 14.7 Å². The first kappa shape index (κ1) is 17.0. The van der Waals surface area contributed by atoms with Crippen molar-refractivity contribution in [2.24, 2.45) is 11.8 Å². The van der Waals surface area contributed by atoms with Crippen molar-refractivity contribution in [2.75, 3.05) is 0 Å². The van der Waals surface area contributed by atoms with Crippen molar-refractivity contribution in [3.8, 4) is 0 Å². The molecule has 120 valence electrons. The van der Waals surface area contributed by atoms with Crippen molar-refractivity contribution >= 4 is 27.8 Å². The van der Waals surface area contributed by atoms with Crippen molar-refractivity contribution in [3.63, 3.8) is 0 Å². The van der Waals surface area contributed by atoms with E-state index in [9.17, 15) is 9.59 Å². The molecule has 0 bridgehead atoms. The molecule has 5 heteroatoms. The van der Waals surface area contributed by atoms with Crippen LogP contribution in [0.2, 0.25) is 0 Å². The number of hydrogen-bond donors (Lipinski definition) is 2. The van der Waals surface area contributed by atoms with Gasteiger partial charge in [0.1, 0.15) is 0 Å². The summed E-state index contributed by atoms with van der Waals surface area (Å²) in [6.07, 6.45) is 3.44. The minimum absolute atomic E-state index is 0.00478. The molecule has 1 aliphatic rings. The first-order valence-corrected chi connectivity index (χ1v) is 8.56. The van der Waals surface area contributed by atoms with Crippen LogP contribution >= 0.6 is 15.9 Å². The van der Waals surface area contributed by atoms with Crippen molar-refractivity contribution in [1.29, 1.82) is 0 Å². The molecular weight excluding hydrogens is 346 g/mol. The lowest BCUT2D eigenvalue weighted by Crippen LogP contribution is -2.38. The Hall–Kier alpha value is -1.36. The van der Waals surface area contributed by atoms with E-state index in [0.29, 0.717) is 19.3 Å². The van der Waals surface area contributed by atoms with Gasteiger partial charge in [-0.1, -0.05) is 35.0 Å². The van der Waals surface area contributed by atoms with Gasteiger partial charge < -0.3 is 10.4 Å². The average Bonchev–Trinajstić information content (AvgIpc) is 2.93. The predicted molar refractivity (Wildman–Crippen MR) is 88.5 cm³/mol. The van der Waals surface area contributed by atoms with E-state index >= 15 is 0 Å². The Labute approximate surface area is 139 Å². The summed E-state index contributed by atoms with van der Waals surface area (Å²) in [5.41, 5.74) is 1.13. The number of carbonyl (C=O) groups excluding carboxylic acids is 1. The molecule has 22 heavy (non-hydrogen) atoms. The van der Waals surface area contributed by atoms with E-state index in [1.54, 1.807) is 0 Å². The molecule has 1 aliphatic carbocycles. The Morgan fingerprint density at radius 2 is 2.18 bits per heavy atom. The summed E-state index contributed by atoms with van der Waals surface area (Å²) in [5.74, 6) is -1.09. The summed E-state index contributed by atoms with van der Waals surface area (Å²) in [5, 5.41) is 12.1. The molecule has 2 N–H and O–H groups in total. The number of carbonyl (C=O) groups is 2. The highest BCUT2D eigenvalue weighted by atomic mass is 79.9. The third-order valence-corrected chi connectivity index (χ3v) is 4.86. The smallest absolute Gasteiger partial charge is 0.306 e. The summed E-state index contributed by atoms with van der Waals surface area (Å²) in [6, 6.07) is 8.00. The molecule has 4 nitrogen and oxygen atoms in total. The first-order valence-electron chi connectivity index (χ1n) is 7.77. The number of amides is 1. The Morgan fingerprint density at radius 3 is 2.77 bits per heavy atom. The standard InChI is InChI=1S/C17H22BrNO3/c1-2-12(8-11-4-3-5-14(18)9-11)16(20)19-15-7-6-13(10-15)17(21)22/h3-5,9,12-13,15H,2,6-8,10H2,1H3,(H,19,20)(H,21,22)/t12?,13-,15+/m1/s1. The number of rotatable bonds is 6. The van der Waals surface area contributed by atoms with E-state index in [1.165, 1.54) is 0 Å². The lowest BCUT2D eigenvalue weighted by Gasteiger charge is -2.19. The number of hydrogen-bond acceptors (Lipinski definition) is 2. The van der Waals surface area contributed by atoms with Crippen LogP contribution in [0.25, 0.3) is 0 Å². The topological polar surface area (TPSA) is 66.4 Å². The molecule has 1 aromatic carbocycles. The molecule has 0 aromatic heterocycles. The fraction of sp³-hybridized carbons (Fsp3) is 0.529. The minimum atomic E-state index is -0.752. The zero-order valence-electron chi connectivity index (χ0n) is 12.7. The summed E-state index contributed by atoms with van der Waals surface area (Å²) in [6.45, 7) is 2.01. The van der Waals surface area contributed by atoms with Crippen LogP contribution in [-0.4, -0.2) is 23.0 Å². The van der Waals surface area contributed by atoms with Crippen LogP contribution in [-0.2, 0) is 16.0 Å². The van der Waals surface area contributed by atoms with Crippen LogP contribution < -0.4 is 5.32 Å². The molecule has 3 atom stereocenters. The van der Waals surface area contributed by atoms with Crippen molar-refractivity contribution in [2.45, 2.75) is 45.1 Å². The second kappa shape index (κ2) is 7.77. The van der Waals surface area contributed by atoms with Gasteiger partial charge in [0.25, 0.3) is 0 Å². The van der Waals surface area contributed by atoms with Gasteiger partial charge in [0.05, 0.1) is 5.92 Å². The molecule has 0 saturated heterocycles. The lowest BCUT2D eigenvalue weighted by atomic mass is 9.95. The fourth-order valence-corrected chi connectivity index (χ4v) is 3.47. The third-order valence-electron chi connectivity index (χ3n) is 4.36.